The molecule has 0 spiro atoms. The maximum absolute atomic E-state index is 8.65. The molecule has 146 valence electrons. The molecule has 1 heterocycles. The van der Waals surface area contributed by atoms with Crippen molar-refractivity contribution in [1.29, 1.82) is 0 Å². The van der Waals surface area contributed by atoms with Crippen LogP contribution >= 0.6 is 24.8 Å². The second-order valence-corrected chi connectivity index (χ2v) is 5.55. The minimum atomic E-state index is 0. The fourth-order valence-electron chi connectivity index (χ4n) is 2.61. The zero-order valence-electron chi connectivity index (χ0n) is 14.7. The first kappa shape index (κ1) is 24.4. The van der Waals surface area contributed by atoms with Gasteiger partial charge in [-0.2, -0.15) is 0 Å². The van der Waals surface area contributed by atoms with Gasteiger partial charge < -0.3 is 24.6 Å². The molecule has 0 aromatic heterocycles. The summed E-state index contributed by atoms with van der Waals surface area (Å²) in [6.45, 7) is 7.07. The SMILES string of the molecule is COc1ccc(CNCCOCCO)cc1CN1CCOCC1.Cl.Cl. The number of hydrogen-bond donors (Lipinski definition) is 2. The topological polar surface area (TPSA) is 63.2 Å². The summed E-state index contributed by atoms with van der Waals surface area (Å²) < 4.78 is 16.1. The van der Waals surface area contributed by atoms with Crippen molar-refractivity contribution in [3.8, 4) is 5.75 Å². The number of aliphatic hydroxyl groups is 1. The van der Waals surface area contributed by atoms with Crippen LogP contribution in [0.1, 0.15) is 11.1 Å². The van der Waals surface area contributed by atoms with Gasteiger partial charge in [0.25, 0.3) is 0 Å². The first-order valence-electron chi connectivity index (χ1n) is 8.18. The van der Waals surface area contributed by atoms with Gasteiger partial charge in [-0.25, -0.2) is 0 Å². The van der Waals surface area contributed by atoms with E-state index in [1.54, 1.807) is 7.11 Å². The first-order valence-corrected chi connectivity index (χ1v) is 8.18. The molecular formula is C17H30Cl2N2O4. The van der Waals surface area contributed by atoms with Gasteiger partial charge in [-0.3, -0.25) is 4.90 Å². The second-order valence-electron chi connectivity index (χ2n) is 5.55. The molecule has 2 N–H and O–H groups in total. The Morgan fingerprint density at radius 1 is 1.20 bits per heavy atom. The van der Waals surface area contributed by atoms with Crippen LogP contribution in [0, 0.1) is 0 Å². The summed E-state index contributed by atoms with van der Waals surface area (Å²) in [6.07, 6.45) is 0. The van der Waals surface area contributed by atoms with Gasteiger partial charge in [-0.15, -0.1) is 24.8 Å². The summed E-state index contributed by atoms with van der Waals surface area (Å²) >= 11 is 0. The van der Waals surface area contributed by atoms with Crippen molar-refractivity contribution in [2.75, 3.05) is 59.8 Å². The highest BCUT2D eigenvalue weighted by molar-refractivity contribution is 5.85. The standard InChI is InChI=1S/C17H28N2O4.2ClH/c1-21-17-3-2-15(13-18-4-8-22-11-7-20)12-16(17)14-19-5-9-23-10-6-19;;/h2-3,12,18,20H,4-11,13-14H2,1H3;2*1H. The fourth-order valence-corrected chi connectivity index (χ4v) is 2.61. The Bertz CT molecular complexity index is 460. The van der Waals surface area contributed by atoms with Crippen LogP contribution in [0.4, 0.5) is 0 Å². The van der Waals surface area contributed by atoms with E-state index < -0.39 is 0 Å². The number of methoxy groups -OCH3 is 1. The summed E-state index contributed by atoms with van der Waals surface area (Å²) in [6, 6.07) is 6.33. The molecule has 1 aromatic rings. The molecule has 1 aromatic carbocycles. The van der Waals surface area contributed by atoms with Gasteiger partial charge in [0.1, 0.15) is 5.75 Å². The van der Waals surface area contributed by atoms with Crippen molar-refractivity contribution in [2.45, 2.75) is 13.1 Å². The number of rotatable bonds is 10. The van der Waals surface area contributed by atoms with Gasteiger partial charge in [-0.1, -0.05) is 6.07 Å². The lowest BCUT2D eigenvalue weighted by atomic mass is 10.1. The van der Waals surface area contributed by atoms with Crippen molar-refractivity contribution in [3.63, 3.8) is 0 Å². The molecule has 0 radical (unpaired) electrons. The number of halogens is 2. The van der Waals surface area contributed by atoms with E-state index in [1.165, 1.54) is 11.1 Å². The van der Waals surface area contributed by atoms with E-state index in [0.717, 1.165) is 51.7 Å². The highest BCUT2D eigenvalue weighted by Gasteiger charge is 2.13. The molecule has 25 heavy (non-hydrogen) atoms. The fraction of sp³-hybridized carbons (Fsp3) is 0.647. The van der Waals surface area contributed by atoms with Gasteiger partial charge >= 0.3 is 0 Å². The zero-order chi connectivity index (χ0) is 16.3. The van der Waals surface area contributed by atoms with Gasteiger partial charge in [-0.05, 0) is 17.7 Å². The van der Waals surface area contributed by atoms with Crippen LogP contribution in [-0.4, -0.2) is 69.8 Å². The Morgan fingerprint density at radius 2 is 1.96 bits per heavy atom. The normalized spacial score (nSPS) is 14.5. The first-order chi connectivity index (χ1) is 11.3. The van der Waals surface area contributed by atoms with Crippen LogP contribution in [0.15, 0.2) is 18.2 Å². The number of benzene rings is 1. The number of nitrogens with zero attached hydrogens (tertiary/aromatic N) is 1. The number of aliphatic hydroxyl groups excluding tert-OH is 1. The largest absolute Gasteiger partial charge is 0.496 e. The van der Waals surface area contributed by atoms with Crippen molar-refractivity contribution >= 4 is 24.8 Å². The summed E-state index contributed by atoms with van der Waals surface area (Å²) in [5.74, 6) is 0.937. The van der Waals surface area contributed by atoms with Crippen molar-refractivity contribution in [2.24, 2.45) is 0 Å². The number of morpholine rings is 1. The van der Waals surface area contributed by atoms with Crippen molar-refractivity contribution in [1.82, 2.24) is 10.2 Å². The molecule has 1 fully saturated rings. The molecule has 0 unspecified atom stereocenters. The van der Waals surface area contributed by atoms with Crippen molar-refractivity contribution in [3.05, 3.63) is 29.3 Å². The minimum Gasteiger partial charge on any atom is -0.496 e. The predicted molar refractivity (Wildman–Crippen MR) is 103 cm³/mol. The Balaban J connectivity index is 0.00000288. The third kappa shape index (κ3) is 9.06. The van der Waals surface area contributed by atoms with Gasteiger partial charge in [0.05, 0.1) is 40.1 Å². The predicted octanol–water partition coefficient (Wildman–Crippen LogP) is 1.47. The molecule has 0 amide bonds. The van der Waals surface area contributed by atoms with Gasteiger partial charge in [0, 0.05) is 38.3 Å². The van der Waals surface area contributed by atoms with E-state index in [1.807, 2.05) is 6.07 Å². The zero-order valence-corrected chi connectivity index (χ0v) is 16.4. The number of hydrogen-bond acceptors (Lipinski definition) is 6. The van der Waals surface area contributed by atoms with Crippen molar-refractivity contribution < 1.29 is 19.3 Å². The molecule has 1 aliphatic rings. The Kier molecular flexibility index (Phi) is 14.2. The average molecular weight is 397 g/mol. The summed E-state index contributed by atoms with van der Waals surface area (Å²) in [4.78, 5) is 2.39. The maximum Gasteiger partial charge on any atom is 0.123 e. The molecule has 0 atom stereocenters. The summed E-state index contributed by atoms with van der Waals surface area (Å²) in [5.41, 5.74) is 2.45. The van der Waals surface area contributed by atoms with Crippen LogP contribution in [-0.2, 0) is 22.6 Å². The molecule has 8 heteroatoms. The third-order valence-corrected chi connectivity index (χ3v) is 3.83. The van der Waals surface area contributed by atoms with Gasteiger partial charge in [0.2, 0.25) is 0 Å². The molecule has 6 nitrogen and oxygen atoms in total. The Labute approximate surface area is 162 Å². The summed E-state index contributed by atoms with van der Waals surface area (Å²) in [7, 11) is 1.72. The van der Waals surface area contributed by atoms with Crippen LogP contribution in [0.5, 0.6) is 5.75 Å². The molecule has 0 aliphatic carbocycles. The monoisotopic (exact) mass is 396 g/mol. The molecule has 1 aliphatic heterocycles. The van der Waals surface area contributed by atoms with E-state index >= 15 is 0 Å². The smallest absolute Gasteiger partial charge is 0.123 e. The molecule has 2 rings (SSSR count). The highest BCUT2D eigenvalue weighted by Crippen LogP contribution is 2.22. The van der Waals surface area contributed by atoms with Gasteiger partial charge in [0.15, 0.2) is 0 Å². The Morgan fingerprint density at radius 3 is 2.64 bits per heavy atom. The van der Waals surface area contributed by atoms with E-state index in [9.17, 15) is 0 Å². The molecule has 0 saturated carbocycles. The maximum atomic E-state index is 8.65. The average Bonchev–Trinajstić information content (AvgIpc) is 2.59. The summed E-state index contributed by atoms with van der Waals surface area (Å²) in [5, 5.41) is 12.0. The molecule has 1 saturated heterocycles. The van der Waals surface area contributed by atoms with Crippen LogP contribution in [0.3, 0.4) is 0 Å². The minimum absolute atomic E-state index is 0. The third-order valence-electron chi connectivity index (χ3n) is 3.83. The number of nitrogens with one attached hydrogen (secondary N) is 1. The second kappa shape index (κ2) is 14.6. The van der Waals surface area contributed by atoms with Crippen LogP contribution < -0.4 is 10.1 Å². The van der Waals surface area contributed by atoms with E-state index in [0.29, 0.717) is 13.2 Å². The van der Waals surface area contributed by atoms with E-state index in [-0.39, 0.29) is 31.4 Å². The number of ether oxygens (including phenoxy) is 3. The quantitative estimate of drug-likeness (QED) is 0.583. The van der Waals surface area contributed by atoms with E-state index in [2.05, 4.69) is 22.3 Å². The molecule has 0 bridgehead atoms. The lowest BCUT2D eigenvalue weighted by Gasteiger charge is -2.27. The lowest BCUT2D eigenvalue weighted by Crippen LogP contribution is -2.35. The van der Waals surface area contributed by atoms with E-state index in [4.69, 9.17) is 19.3 Å². The molecular weight excluding hydrogens is 367 g/mol. The Hall–Kier alpha value is -0.600. The highest BCUT2D eigenvalue weighted by atomic mass is 35.5. The van der Waals surface area contributed by atoms with Crippen LogP contribution in [0.25, 0.3) is 0 Å². The van der Waals surface area contributed by atoms with Crippen LogP contribution in [0.2, 0.25) is 0 Å². The lowest BCUT2D eigenvalue weighted by molar-refractivity contribution is 0.0339.